The molecule has 2 fully saturated rings. The number of hydrogen-bond acceptors (Lipinski definition) is 5. The Bertz CT molecular complexity index is 586. The fourth-order valence-corrected chi connectivity index (χ4v) is 4.78. The number of anilines is 1. The normalized spacial score (nSPS) is 27.1. The van der Waals surface area contributed by atoms with Gasteiger partial charge in [0, 0.05) is 19.8 Å². The summed E-state index contributed by atoms with van der Waals surface area (Å²) in [5, 5.41) is 2.89. The van der Waals surface area contributed by atoms with Gasteiger partial charge < -0.3 is 10.1 Å². The van der Waals surface area contributed by atoms with Crippen molar-refractivity contribution < 1.29 is 13.2 Å². The minimum absolute atomic E-state index is 0.0264. The molecule has 0 aromatic carbocycles. The zero-order valence-corrected chi connectivity index (χ0v) is 13.0. The van der Waals surface area contributed by atoms with Gasteiger partial charge in [0.05, 0.1) is 18.8 Å². The molecule has 0 bridgehead atoms. The van der Waals surface area contributed by atoms with Gasteiger partial charge >= 0.3 is 0 Å². The Hall–Kier alpha value is -1.18. The van der Waals surface area contributed by atoms with Gasteiger partial charge in [-0.2, -0.15) is 4.31 Å². The van der Waals surface area contributed by atoms with Crippen molar-refractivity contribution in [3.63, 3.8) is 0 Å². The average molecular weight is 311 g/mol. The fraction of sp³-hybridized carbons (Fsp3) is 0.643. The Morgan fingerprint density at radius 3 is 2.86 bits per heavy atom. The summed E-state index contributed by atoms with van der Waals surface area (Å²) in [5.74, 6) is 0.659. The van der Waals surface area contributed by atoms with Crippen LogP contribution in [0.4, 0.5) is 5.82 Å². The second-order valence-electron chi connectivity index (χ2n) is 5.51. The highest BCUT2D eigenvalue weighted by atomic mass is 32.2. The third-order valence-corrected chi connectivity index (χ3v) is 6.19. The van der Waals surface area contributed by atoms with Gasteiger partial charge in [-0.1, -0.05) is 12.8 Å². The van der Waals surface area contributed by atoms with Crippen molar-refractivity contribution in [2.24, 2.45) is 0 Å². The van der Waals surface area contributed by atoms with Gasteiger partial charge in [0.1, 0.15) is 10.7 Å². The van der Waals surface area contributed by atoms with E-state index in [2.05, 4.69) is 10.3 Å². The van der Waals surface area contributed by atoms with Crippen LogP contribution in [0.25, 0.3) is 0 Å². The monoisotopic (exact) mass is 311 g/mol. The van der Waals surface area contributed by atoms with E-state index in [1.807, 2.05) is 0 Å². The number of ether oxygens (including phenoxy) is 1. The van der Waals surface area contributed by atoms with Gasteiger partial charge in [0.15, 0.2) is 0 Å². The molecule has 2 unspecified atom stereocenters. The summed E-state index contributed by atoms with van der Waals surface area (Å²) >= 11 is 0. The maximum Gasteiger partial charge on any atom is 0.245 e. The predicted octanol–water partition coefficient (Wildman–Crippen LogP) is 1.46. The Balaban J connectivity index is 1.88. The number of sulfonamides is 1. The number of pyridine rings is 1. The average Bonchev–Trinajstić information content (AvgIpc) is 2.54. The first-order valence-corrected chi connectivity index (χ1v) is 8.84. The van der Waals surface area contributed by atoms with Crippen LogP contribution < -0.4 is 5.32 Å². The van der Waals surface area contributed by atoms with E-state index in [0.717, 1.165) is 25.7 Å². The van der Waals surface area contributed by atoms with Crippen molar-refractivity contribution >= 4 is 15.8 Å². The second kappa shape index (κ2) is 5.90. The van der Waals surface area contributed by atoms with Crippen LogP contribution in [0.5, 0.6) is 0 Å². The van der Waals surface area contributed by atoms with Gasteiger partial charge in [-0.25, -0.2) is 13.4 Å². The molecule has 0 radical (unpaired) electrons. The summed E-state index contributed by atoms with van der Waals surface area (Å²) in [4.78, 5) is 4.37. The van der Waals surface area contributed by atoms with Gasteiger partial charge in [-0.15, -0.1) is 0 Å². The minimum Gasteiger partial charge on any atom is -0.375 e. The number of hydrogen-bond donors (Lipinski definition) is 1. The quantitative estimate of drug-likeness (QED) is 0.915. The second-order valence-corrected chi connectivity index (χ2v) is 7.40. The lowest BCUT2D eigenvalue weighted by molar-refractivity contribution is -0.0586. The van der Waals surface area contributed by atoms with Crippen molar-refractivity contribution in [1.29, 1.82) is 0 Å². The molecule has 2 heterocycles. The van der Waals surface area contributed by atoms with E-state index in [4.69, 9.17) is 4.74 Å². The van der Waals surface area contributed by atoms with Crippen LogP contribution in [0.1, 0.15) is 25.7 Å². The molecule has 1 aromatic rings. The molecule has 1 aliphatic heterocycles. The molecule has 6 nitrogen and oxygen atoms in total. The Kier molecular flexibility index (Phi) is 4.14. The van der Waals surface area contributed by atoms with Crippen LogP contribution in [-0.2, 0) is 14.8 Å². The highest BCUT2D eigenvalue weighted by Gasteiger charge is 2.40. The summed E-state index contributed by atoms with van der Waals surface area (Å²) < 4.78 is 33.1. The lowest BCUT2D eigenvalue weighted by atomic mass is 9.91. The van der Waals surface area contributed by atoms with E-state index >= 15 is 0 Å². The van der Waals surface area contributed by atoms with Gasteiger partial charge in [-0.05, 0) is 25.0 Å². The predicted molar refractivity (Wildman–Crippen MR) is 79.7 cm³/mol. The van der Waals surface area contributed by atoms with Crippen LogP contribution >= 0.6 is 0 Å². The molecule has 1 saturated heterocycles. The van der Waals surface area contributed by atoms with Crippen LogP contribution in [0, 0.1) is 0 Å². The molecular formula is C14H21N3O3S. The van der Waals surface area contributed by atoms with Crippen molar-refractivity contribution in [3.05, 3.63) is 18.3 Å². The summed E-state index contributed by atoms with van der Waals surface area (Å²) in [5.41, 5.74) is 0. The van der Waals surface area contributed by atoms with E-state index in [1.165, 1.54) is 6.20 Å². The summed E-state index contributed by atoms with van der Waals surface area (Å²) in [7, 11) is -1.74. The van der Waals surface area contributed by atoms with Crippen LogP contribution in [0.3, 0.4) is 0 Å². The number of fused-ring (bicyclic) bond motifs is 1. The first-order valence-electron chi connectivity index (χ1n) is 7.40. The molecule has 3 rings (SSSR count). The number of nitrogens with one attached hydrogen (secondary N) is 1. The molecule has 1 saturated carbocycles. The number of morpholine rings is 1. The lowest BCUT2D eigenvalue weighted by Crippen LogP contribution is -2.54. The van der Waals surface area contributed by atoms with E-state index in [1.54, 1.807) is 23.5 Å². The summed E-state index contributed by atoms with van der Waals surface area (Å²) in [6.07, 6.45) is 5.49. The third kappa shape index (κ3) is 2.77. The molecule has 2 atom stereocenters. The standard InChI is InChI=1S/C14H21N3O3S/c1-15-14-7-6-11(10-16-14)21(18,19)17-8-9-20-13-5-3-2-4-12(13)17/h6-7,10,12-13H,2-5,8-9H2,1H3,(H,15,16). The lowest BCUT2D eigenvalue weighted by Gasteiger charge is -2.42. The van der Waals surface area contributed by atoms with Crippen LogP contribution in [0.15, 0.2) is 23.2 Å². The zero-order chi connectivity index (χ0) is 14.9. The van der Waals surface area contributed by atoms with Crippen molar-refractivity contribution in [1.82, 2.24) is 9.29 Å². The molecule has 2 aliphatic rings. The van der Waals surface area contributed by atoms with Crippen LogP contribution in [0.2, 0.25) is 0 Å². The molecule has 21 heavy (non-hydrogen) atoms. The highest BCUT2D eigenvalue weighted by Crippen LogP contribution is 2.32. The first kappa shape index (κ1) is 14.7. The maximum atomic E-state index is 12.9. The maximum absolute atomic E-state index is 12.9. The smallest absolute Gasteiger partial charge is 0.245 e. The molecule has 1 aliphatic carbocycles. The van der Waals surface area contributed by atoms with Crippen LogP contribution in [-0.4, -0.2) is 50.1 Å². The molecule has 1 N–H and O–H groups in total. The van der Waals surface area contributed by atoms with E-state index in [-0.39, 0.29) is 17.0 Å². The Morgan fingerprint density at radius 1 is 1.33 bits per heavy atom. The molecule has 116 valence electrons. The Morgan fingerprint density at radius 2 is 2.14 bits per heavy atom. The van der Waals surface area contributed by atoms with E-state index in [9.17, 15) is 8.42 Å². The van der Waals surface area contributed by atoms with E-state index in [0.29, 0.717) is 19.0 Å². The molecule has 0 spiro atoms. The van der Waals surface area contributed by atoms with Crippen molar-refractivity contribution in [2.45, 2.75) is 42.7 Å². The number of aromatic nitrogens is 1. The third-order valence-electron chi connectivity index (χ3n) is 4.28. The molecule has 7 heteroatoms. The largest absolute Gasteiger partial charge is 0.375 e. The SMILES string of the molecule is CNc1ccc(S(=O)(=O)N2CCOC3CCCCC32)cn1. The fourth-order valence-electron chi connectivity index (χ4n) is 3.18. The topological polar surface area (TPSA) is 71.5 Å². The summed E-state index contributed by atoms with van der Waals surface area (Å²) in [6.45, 7) is 0.902. The highest BCUT2D eigenvalue weighted by molar-refractivity contribution is 7.89. The minimum atomic E-state index is -3.49. The van der Waals surface area contributed by atoms with Gasteiger partial charge in [0.2, 0.25) is 10.0 Å². The molecule has 1 aromatic heterocycles. The molecule has 0 amide bonds. The van der Waals surface area contributed by atoms with Crippen molar-refractivity contribution in [2.75, 3.05) is 25.5 Å². The van der Waals surface area contributed by atoms with E-state index < -0.39 is 10.0 Å². The first-order chi connectivity index (χ1) is 10.1. The Labute approximate surface area is 125 Å². The zero-order valence-electron chi connectivity index (χ0n) is 12.2. The van der Waals surface area contributed by atoms with Crippen molar-refractivity contribution in [3.8, 4) is 0 Å². The number of rotatable bonds is 3. The summed E-state index contributed by atoms with van der Waals surface area (Å²) in [6, 6.07) is 3.27. The van der Waals surface area contributed by atoms with Gasteiger partial charge in [0.25, 0.3) is 0 Å². The number of nitrogens with zero attached hydrogens (tertiary/aromatic N) is 2. The van der Waals surface area contributed by atoms with Gasteiger partial charge in [-0.3, -0.25) is 0 Å². The molecular weight excluding hydrogens is 290 g/mol.